The number of hydrogen-bond acceptors (Lipinski definition) is 6. The first-order valence-electron chi connectivity index (χ1n) is 18.1. The number of rotatable bonds is 12. The molecule has 1 aliphatic heterocycles. The monoisotopic (exact) mass is 699 g/mol. The number of nitrogens with zero attached hydrogens (tertiary/aromatic N) is 4. The van der Waals surface area contributed by atoms with Gasteiger partial charge in [-0.2, -0.15) is 5.10 Å². The highest BCUT2D eigenvalue weighted by atomic mass is 19.1. The van der Waals surface area contributed by atoms with E-state index in [-0.39, 0.29) is 35.5 Å². The standard InChI is InChI=1S/C39H50FN7O4/c1-5-34(48)43-35(39(51)46-22-20-45(21-23-46)25-28-10-8-7-9-11-28)27(4)30-16-17-32(31(40)24-30)42-38(50)36(29-14-12-26(3)13-15-29)44-37(49)33-18-19-41-47(33)6-2/h7-11,16-19,24,26,29,36H,5-6,12-15,20-23,25H2,1-4H3,(H,42,50)(H,43,48)(H,44,49)/b35-27+/t26-,29-,36-/m0/s1. The largest absolute Gasteiger partial charge is 0.339 e. The maximum Gasteiger partial charge on any atom is 0.270 e. The zero-order valence-electron chi connectivity index (χ0n) is 30.1. The van der Waals surface area contributed by atoms with Gasteiger partial charge in [0.1, 0.15) is 23.3 Å². The molecule has 272 valence electrons. The number of carbonyl (C=O) groups excluding carboxylic acids is 4. The number of allylic oxidation sites excluding steroid dienone is 1. The van der Waals surface area contributed by atoms with Crippen molar-refractivity contribution >= 4 is 34.9 Å². The van der Waals surface area contributed by atoms with Crippen LogP contribution in [0.5, 0.6) is 0 Å². The number of aromatic nitrogens is 2. The molecule has 1 aliphatic carbocycles. The Morgan fingerprint density at radius 2 is 1.65 bits per heavy atom. The molecule has 4 amide bonds. The molecule has 1 saturated heterocycles. The molecular formula is C39H50FN7O4. The maximum absolute atomic E-state index is 15.8. The van der Waals surface area contributed by atoms with E-state index in [0.717, 1.165) is 32.2 Å². The smallest absolute Gasteiger partial charge is 0.270 e. The first kappa shape index (κ1) is 37.4. The Balaban J connectivity index is 1.32. The van der Waals surface area contributed by atoms with Crippen LogP contribution in [0.4, 0.5) is 10.1 Å². The molecule has 3 aromatic rings. The minimum atomic E-state index is -0.868. The van der Waals surface area contributed by atoms with Crippen LogP contribution in [0, 0.1) is 17.7 Å². The molecule has 0 radical (unpaired) electrons. The van der Waals surface area contributed by atoms with Crippen molar-refractivity contribution in [2.75, 3.05) is 31.5 Å². The number of benzene rings is 2. The predicted octanol–water partition coefficient (Wildman–Crippen LogP) is 5.21. The minimum absolute atomic E-state index is 0.0430. The van der Waals surface area contributed by atoms with Crippen LogP contribution in [0.15, 0.2) is 66.5 Å². The van der Waals surface area contributed by atoms with Gasteiger partial charge >= 0.3 is 0 Å². The second kappa shape index (κ2) is 17.4. The van der Waals surface area contributed by atoms with Crippen LogP contribution >= 0.6 is 0 Å². The molecule has 2 fully saturated rings. The Morgan fingerprint density at radius 3 is 2.29 bits per heavy atom. The summed E-state index contributed by atoms with van der Waals surface area (Å²) in [6, 6.07) is 15.2. The Hall–Kier alpha value is -4.84. The van der Waals surface area contributed by atoms with E-state index in [1.807, 2.05) is 25.1 Å². The zero-order valence-corrected chi connectivity index (χ0v) is 30.1. The first-order chi connectivity index (χ1) is 24.6. The molecule has 12 heteroatoms. The van der Waals surface area contributed by atoms with E-state index in [0.29, 0.717) is 55.5 Å². The van der Waals surface area contributed by atoms with Gasteiger partial charge < -0.3 is 20.9 Å². The number of carbonyl (C=O) groups is 4. The molecule has 1 atom stereocenters. The van der Waals surface area contributed by atoms with Gasteiger partial charge in [-0.3, -0.25) is 28.8 Å². The summed E-state index contributed by atoms with van der Waals surface area (Å²) in [4.78, 5) is 57.4. The van der Waals surface area contributed by atoms with Crippen molar-refractivity contribution in [3.8, 4) is 0 Å². The first-order valence-corrected chi connectivity index (χ1v) is 18.1. The number of aryl methyl sites for hydroxylation is 1. The van der Waals surface area contributed by atoms with Crippen LogP contribution < -0.4 is 16.0 Å². The van der Waals surface area contributed by atoms with Gasteiger partial charge in [0, 0.05) is 51.9 Å². The molecule has 0 spiro atoms. The fourth-order valence-electron chi connectivity index (χ4n) is 6.86. The average molecular weight is 700 g/mol. The maximum atomic E-state index is 15.8. The van der Waals surface area contributed by atoms with Crippen molar-refractivity contribution in [2.45, 2.75) is 78.9 Å². The second-order valence-electron chi connectivity index (χ2n) is 13.6. The fourth-order valence-corrected chi connectivity index (χ4v) is 6.86. The van der Waals surface area contributed by atoms with Crippen molar-refractivity contribution in [1.82, 2.24) is 30.2 Å². The third-order valence-electron chi connectivity index (χ3n) is 10.1. The molecule has 1 aromatic heterocycles. The Labute approximate surface area is 299 Å². The molecule has 2 heterocycles. The minimum Gasteiger partial charge on any atom is -0.339 e. The lowest BCUT2D eigenvalue weighted by Gasteiger charge is -2.35. The topological polar surface area (TPSA) is 129 Å². The zero-order chi connectivity index (χ0) is 36.5. The lowest BCUT2D eigenvalue weighted by atomic mass is 9.79. The SMILES string of the molecule is CCC(=O)N/C(C(=O)N1CCN(Cc2ccccc2)CC1)=C(\C)c1ccc(NC(=O)[C@@H](NC(=O)c2ccnn2CC)[C@H]2CC[C@H](C)CC2)c(F)c1. The van der Waals surface area contributed by atoms with Crippen LogP contribution in [0.25, 0.3) is 5.57 Å². The van der Waals surface area contributed by atoms with Crippen LogP contribution in [-0.2, 0) is 27.5 Å². The molecule has 2 aliphatic rings. The molecule has 0 bridgehead atoms. The van der Waals surface area contributed by atoms with E-state index in [1.54, 1.807) is 41.8 Å². The lowest BCUT2D eigenvalue weighted by molar-refractivity contribution is -0.131. The summed E-state index contributed by atoms with van der Waals surface area (Å²) in [5.41, 5.74) is 2.43. The van der Waals surface area contributed by atoms with E-state index in [1.165, 1.54) is 17.7 Å². The van der Waals surface area contributed by atoms with Crippen molar-refractivity contribution < 1.29 is 23.6 Å². The Bertz CT molecular complexity index is 1720. The highest BCUT2D eigenvalue weighted by Crippen LogP contribution is 2.32. The fraction of sp³-hybridized carbons (Fsp3) is 0.462. The summed E-state index contributed by atoms with van der Waals surface area (Å²) in [6.07, 6.45) is 5.12. The van der Waals surface area contributed by atoms with Crippen LogP contribution in [-0.4, -0.2) is 75.4 Å². The van der Waals surface area contributed by atoms with E-state index >= 15 is 4.39 Å². The molecule has 2 aromatic carbocycles. The quantitative estimate of drug-likeness (QED) is 0.223. The molecule has 1 saturated carbocycles. The van der Waals surface area contributed by atoms with Crippen molar-refractivity contribution in [1.29, 1.82) is 0 Å². The lowest BCUT2D eigenvalue weighted by Crippen LogP contribution is -2.50. The molecule has 5 rings (SSSR count). The number of nitrogens with one attached hydrogen (secondary N) is 3. The Morgan fingerprint density at radius 1 is 0.941 bits per heavy atom. The van der Waals surface area contributed by atoms with Gasteiger partial charge in [0.15, 0.2) is 0 Å². The molecule has 0 unspecified atom stereocenters. The van der Waals surface area contributed by atoms with Gasteiger partial charge in [-0.05, 0) is 73.4 Å². The summed E-state index contributed by atoms with van der Waals surface area (Å²) in [5, 5.41) is 12.6. The van der Waals surface area contributed by atoms with Gasteiger partial charge in [0.2, 0.25) is 11.8 Å². The highest BCUT2D eigenvalue weighted by molar-refractivity contribution is 6.04. The van der Waals surface area contributed by atoms with Gasteiger partial charge in [-0.15, -0.1) is 0 Å². The summed E-state index contributed by atoms with van der Waals surface area (Å²) in [7, 11) is 0. The third-order valence-corrected chi connectivity index (χ3v) is 10.1. The van der Waals surface area contributed by atoms with Crippen molar-refractivity contribution in [3.63, 3.8) is 0 Å². The van der Waals surface area contributed by atoms with Crippen LogP contribution in [0.3, 0.4) is 0 Å². The van der Waals surface area contributed by atoms with Gasteiger partial charge in [0.05, 0.1) is 5.69 Å². The second-order valence-corrected chi connectivity index (χ2v) is 13.6. The third kappa shape index (κ3) is 9.49. The van der Waals surface area contributed by atoms with Crippen LogP contribution in [0.1, 0.15) is 81.4 Å². The van der Waals surface area contributed by atoms with Gasteiger partial charge in [0.25, 0.3) is 11.8 Å². The molecule has 3 N–H and O–H groups in total. The van der Waals surface area contributed by atoms with E-state index in [9.17, 15) is 19.2 Å². The van der Waals surface area contributed by atoms with E-state index < -0.39 is 23.7 Å². The van der Waals surface area contributed by atoms with Crippen LogP contribution in [0.2, 0.25) is 0 Å². The number of amides is 4. The summed E-state index contributed by atoms with van der Waals surface area (Å²) >= 11 is 0. The average Bonchev–Trinajstić information content (AvgIpc) is 3.63. The number of piperazine rings is 1. The predicted molar refractivity (Wildman–Crippen MR) is 195 cm³/mol. The number of halogens is 1. The van der Waals surface area contributed by atoms with Crippen molar-refractivity contribution in [2.24, 2.45) is 11.8 Å². The number of hydrogen-bond donors (Lipinski definition) is 3. The normalized spacial score (nSPS) is 19.1. The highest BCUT2D eigenvalue weighted by Gasteiger charge is 2.34. The van der Waals surface area contributed by atoms with E-state index in [2.05, 4.69) is 45.0 Å². The summed E-state index contributed by atoms with van der Waals surface area (Å²) in [5.74, 6) is -1.82. The molecular weight excluding hydrogens is 649 g/mol. The van der Waals surface area contributed by atoms with Gasteiger partial charge in [-0.1, -0.05) is 63.1 Å². The van der Waals surface area contributed by atoms with Gasteiger partial charge in [-0.25, -0.2) is 4.39 Å². The molecule has 11 nitrogen and oxygen atoms in total. The summed E-state index contributed by atoms with van der Waals surface area (Å²) < 4.78 is 17.3. The molecule has 51 heavy (non-hydrogen) atoms. The summed E-state index contributed by atoms with van der Waals surface area (Å²) in [6.45, 7) is 11.1. The van der Waals surface area contributed by atoms with E-state index in [4.69, 9.17) is 0 Å². The van der Waals surface area contributed by atoms with Crippen molar-refractivity contribution in [3.05, 3.63) is 89.1 Å². The number of anilines is 1. The Kier molecular flexibility index (Phi) is 12.8.